The summed E-state index contributed by atoms with van der Waals surface area (Å²) >= 11 is 0. The van der Waals surface area contributed by atoms with Crippen molar-refractivity contribution in [2.24, 2.45) is 0 Å². The molecule has 16 heavy (non-hydrogen) atoms. The third-order valence-corrected chi connectivity index (χ3v) is 2.33. The third kappa shape index (κ3) is 1.94. The van der Waals surface area contributed by atoms with Gasteiger partial charge in [-0.1, -0.05) is 0 Å². The molecule has 1 aromatic rings. The topological polar surface area (TPSA) is 88.2 Å². The molecule has 0 aliphatic carbocycles. The molecule has 2 rings (SSSR count). The number of nitriles is 1. The zero-order valence-electron chi connectivity index (χ0n) is 8.34. The molecule has 1 N–H and O–H groups in total. The number of nitro benzene ring substituents is 1. The lowest BCUT2D eigenvalue weighted by molar-refractivity contribution is -0.385. The molecule has 1 aliphatic heterocycles. The molecule has 1 aliphatic rings. The number of nitrogens with one attached hydrogen (secondary N) is 1. The van der Waals surface area contributed by atoms with Gasteiger partial charge in [0.15, 0.2) is 0 Å². The maximum Gasteiger partial charge on any atom is 0.290 e. The van der Waals surface area contributed by atoms with Crippen molar-refractivity contribution >= 4 is 5.69 Å². The van der Waals surface area contributed by atoms with Crippen molar-refractivity contribution < 1.29 is 9.66 Å². The van der Waals surface area contributed by atoms with E-state index in [0.717, 1.165) is 13.1 Å². The number of benzene rings is 1. The van der Waals surface area contributed by atoms with E-state index in [9.17, 15) is 10.1 Å². The Kier molecular flexibility index (Phi) is 2.70. The molecule has 0 aromatic heterocycles. The van der Waals surface area contributed by atoms with Crippen LogP contribution < -0.4 is 10.1 Å². The van der Waals surface area contributed by atoms with Crippen LogP contribution in [0.15, 0.2) is 18.2 Å². The van der Waals surface area contributed by atoms with Gasteiger partial charge in [0.25, 0.3) is 5.69 Å². The van der Waals surface area contributed by atoms with E-state index in [2.05, 4.69) is 5.32 Å². The number of hydrogen-bond donors (Lipinski definition) is 1. The molecular formula is C10H9N3O3. The average molecular weight is 219 g/mol. The molecule has 0 atom stereocenters. The van der Waals surface area contributed by atoms with Crippen LogP contribution in [0.5, 0.6) is 5.75 Å². The van der Waals surface area contributed by atoms with Crippen LogP contribution in [0.2, 0.25) is 0 Å². The van der Waals surface area contributed by atoms with E-state index in [1.54, 1.807) is 12.1 Å². The molecule has 0 amide bonds. The van der Waals surface area contributed by atoms with Crippen molar-refractivity contribution in [1.82, 2.24) is 5.32 Å². The Morgan fingerprint density at radius 2 is 2.31 bits per heavy atom. The average Bonchev–Trinajstić information content (AvgIpc) is 2.23. The third-order valence-electron chi connectivity index (χ3n) is 2.33. The minimum absolute atomic E-state index is 0.0454. The fourth-order valence-electron chi connectivity index (χ4n) is 1.37. The Morgan fingerprint density at radius 3 is 2.81 bits per heavy atom. The predicted molar refractivity (Wildman–Crippen MR) is 55.1 cm³/mol. The fraction of sp³-hybridized carbons (Fsp3) is 0.300. The van der Waals surface area contributed by atoms with Crippen LogP contribution in [-0.2, 0) is 0 Å². The fourth-order valence-corrected chi connectivity index (χ4v) is 1.37. The number of nitro groups is 1. The van der Waals surface area contributed by atoms with Crippen molar-refractivity contribution in [3.8, 4) is 11.8 Å². The molecule has 0 spiro atoms. The van der Waals surface area contributed by atoms with Gasteiger partial charge in [-0.15, -0.1) is 0 Å². The molecule has 82 valence electrons. The first kappa shape index (κ1) is 10.4. The summed E-state index contributed by atoms with van der Waals surface area (Å²) < 4.78 is 5.46. The summed E-state index contributed by atoms with van der Waals surface area (Å²) in [7, 11) is 0. The van der Waals surface area contributed by atoms with Crippen LogP contribution in [0.3, 0.4) is 0 Å². The van der Waals surface area contributed by atoms with Gasteiger partial charge < -0.3 is 10.1 Å². The van der Waals surface area contributed by atoms with Crippen LogP contribution in [0.4, 0.5) is 5.69 Å². The lowest BCUT2D eigenvalue weighted by Gasteiger charge is -2.27. The van der Waals surface area contributed by atoms with Crippen molar-refractivity contribution in [1.29, 1.82) is 5.26 Å². The van der Waals surface area contributed by atoms with Gasteiger partial charge >= 0.3 is 0 Å². The molecular weight excluding hydrogens is 210 g/mol. The monoisotopic (exact) mass is 219 g/mol. The molecule has 1 fully saturated rings. The van der Waals surface area contributed by atoms with E-state index in [4.69, 9.17) is 10.00 Å². The Bertz CT molecular complexity index is 463. The smallest absolute Gasteiger partial charge is 0.290 e. The highest BCUT2D eigenvalue weighted by molar-refractivity contribution is 5.52. The quantitative estimate of drug-likeness (QED) is 0.600. The molecule has 6 nitrogen and oxygen atoms in total. The predicted octanol–water partition coefficient (Wildman–Crippen LogP) is 0.817. The van der Waals surface area contributed by atoms with E-state index in [0.29, 0.717) is 5.75 Å². The van der Waals surface area contributed by atoms with Crippen LogP contribution in [0.1, 0.15) is 5.56 Å². The molecule has 0 unspecified atom stereocenters. The van der Waals surface area contributed by atoms with Gasteiger partial charge in [0.2, 0.25) is 0 Å². The number of hydrogen-bond acceptors (Lipinski definition) is 5. The molecule has 0 radical (unpaired) electrons. The Morgan fingerprint density at radius 1 is 1.56 bits per heavy atom. The first-order chi connectivity index (χ1) is 7.70. The Labute approximate surface area is 91.6 Å². The van der Waals surface area contributed by atoms with E-state index in [1.807, 2.05) is 0 Å². The zero-order valence-corrected chi connectivity index (χ0v) is 8.34. The summed E-state index contributed by atoms with van der Waals surface area (Å²) in [5, 5.41) is 22.4. The molecule has 0 saturated carbocycles. The van der Waals surface area contributed by atoms with Gasteiger partial charge in [0, 0.05) is 13.1 Å². The number of ether oxygens (including phenoxy) is 1. The van der Waals surface area contributed by atoms with Crippen molar-refractivity contribution in [2.75, 3.05) is 13.1 Å². The SMILES string of the molecule is N#Cc1ccc(OC2CNC2)cc1[N+](=O)[O-]. The highest BCUT2D eigenvalue weighted by atomic mass is 16.6. The van der Waals surface area contributed by atoms with Gasteiger partial charge in [-0.3, -0.25) is 10.1 Å². The van der Waals surface area contributed by atoms with E-state index in [1.165, 1.54) is 12.1 Å². The molecule has 1 aromatic carbocycles. The van der Waals surface area contributed by atoms with Crippen LogP contribution in [0, 0.1) is 21.4 Å². The Balaban J connectivity index is 2.24. The highest BCUT2D eigenvalue weighted by Crippen LogP contribution is 2.25. The summed E-state index contributed by atoms with van der Waals surface area (Å²) in [6.07, 6.45) is 0.0625. The van der Waals surface area contributed by atoms with Crippen molar-refractivity contribution in [3.05, 3.63) is 33.9 Å². The first-order valence-corrected chi connectivity index (χ1v) is 4.76. The second kappa shape index (κ2) is 4.16. The second-order valence-corrected chi connectivity index (χ2v) is 3.45. The summed E-state index contributed by atoms with van der Waals surface area (Å²) in [6, 6.07) is 6.04. The maximum absolute atomic E-state index is 10.7. The van der Waals surface area contributed by atoms with Gasteiger partial charge in [0.1, 0.15) is 23.5 Å². The van der Waals surface area contributed by atoms with Crippen LogP contribution >= 0.6 is 0 Å². The lowest BCUT2D eigenvalue weighted by Crippen LogP contribution is -2.50. The van der Waals surface area contributed by atoms with E-state index >= 15 is 0 Å². The zero-order chi connectivity index (χ0) is 11.5. The minimum Gasteiger partial charge on any atom is -0.488 e. The van der Waals surface area contributed by atoms with Crippen LogP contribution in [0.25, 0.3) is 0 Å². The van der Waals surface area contributed by atoms with Crippen molar-refractivity contribution in [3.63, 3.8) is 0 Å². The second-order valence-electron chi connectivity index (χ2n) is 3.45. The van der Waals surface area contributed by atoms with E-state index < -0.39 is 4.92 Å². The molecule has 6 heteroatoms. The van der Waals surface area contributed by atoms with E-state index in [-0.39, 0.29) is 17.4 Å². The standard InChI is InChI=1S/C10H9N3O3/c11-4-7-1-2-8(3-10(7)13(14)15)16-9-5-12-6-9/h1-3,9,12H,5-6H2. The molecule has 1 saturated heterocycles. The molecule has 0 bridgehead atoms. The van der Waals surface area contributed by atoms with Gasteiger partial charge in [0.05, 0.1) is 11.0 Å². The first-order valence-electron chi connectivity index (χ1n) is 4.76. The van der Waals surface area contributed by atoms with Gasteiger partial charge in [-0.05, 0) is 12.1 Å². The molecule has 1 heterocycles. The normalized spacial score (nSPS) is 14.9. The number of nitrogens with zero attached hydrogens (tertiary/aromatic N) is 2. The summed E-state index contributed by atoms with van der Waals surface area (Å²) in [5.41, 5.74) is -0.170. The maximum atomic E-state index is 10.7. The van der Waals surface area contributed by atoms with Gasteiger partial charge in [-0.2, -0.15) is 5.26 Å². The van der Waals surface area contributed by atoms with Crippen molar-refractivity contribution in [2.45, 2.75) is 6.10 Å². The summed E-state index contributed by atoms with van der Waals surface area (Å²) in [6.45, 7) is 1.49. The summed E-state index contributed by atoms with van der Waals surface area (Å²) in [5.74, 6) is 0.428. The highest BCUT2D eigenvalue weighted by Gasteiger charge is 2.20. The minimum atomic E-state index is -0.579. The summed E-state index contributed by atoms with van der Waals surface area (Å²) in [4.78, 5) is 10.1. The largest absolute Gasteiger partial charge is 0.488 e. The van der Waals surface area contributed by atoms with Crippen LogP contribution in [-0.4, -0.2) is 24.1 Å². The van der Waals surface area contributed by atoms with Gasteiger partial charge in [-0.25, -0.2) is 0 Å². The number of rotatable bonds is 3. The Hall–Kier alpha value is -2.13. The lowest BCUT2D eigenvalue weighted by atomic mass is 10.2.